The molecule has 0 aliphatic heterocycles. The predicted octanol–water partition coefficient (Wildman–Crippen LogP) is -0.0722. The molecule has 9 heteroatoms. The molecule has 0 bridgehead atoms. The minimum Gasteiger partial charge on any atom is -0.388 e. The van der Waals surface area contributed by atoms with Crippen LogP contribution in [0, 0.1) is 0 Å². The number of pyridine rings is 1. The predicted molar refractivity (Wildman–Crippen MR) is 77.4 cm³/mol. The molecule has 0 spiro atoms. The lowest BCUT2D eigenvalue weighted by atomic mass is 10.3. The second kappa shape index (κ2) is 5.65. The number of nitrogens with one attached hydrogen (secondary N) is 1. The summed E-state index contributed by atoms with van der Waals surface area (Å²) in [6.07, 6.45) is 2.96. The Morgan fingerprint density at radius 3 is 2.70 bits per heavy atom. The van der Waals surface area contributed by atoms with Gasteiger partial charge in [0.2, 0.25) is 10.0 Å². The maximum absolute atomic E-state index is 12.0. The molecular weight excluding hydrogens is 298 g/mol. The van der Waals surface area contributed by atoms with E-state index in [0.29, 0.717) is 11.4 Å². The number of aromatic nitrogens is 3. The summed E-state index contributed by atoms with van der Waals surface area (Å²) < 4.78 is 28.1. The van der Waals surface area contributed by atoms with E-state index >= 15 is 0 Å². The van der Waals surface area contributed by atoms with E-state index in [2.05, 4.69) is 14.8 Å². The van der Waals surface area contributed by atoms with Gasteiger partial charge in [-0.15, -0.1) is 0 Å². The molecule has 0 atom stereocenters. The maximum Gasteiger partial charge on any atom is 0.242 e. The fourth-order valence-electron chi connectivity index (χ4n) is 1.49. The smallest absolute Gasteiger partial charge is 0.242 e. The Balaban J connectivity index is 2.11. The van der Waals surface area contributed by atoms with E-state index in [-0.39, 0.29) is 16.4 Å². The van der Waals surface area contributed by atoms with Gasteiger partial charge < -0.3 is 5.73 Å². The standard InChI is InChI=1S/C11H13N5O2S2/c1-16-5-4-8(15-16)6-14-20(17,18)9-2-3-10(11(12)19)13-7-9/h2-5,7,14H,6H2,1H3,(H2,12,19). The van der Waals surface area contributed by atoms with Gasteiger partial charge in [0.15, 0.2) is 0 Å². The van der Waals surface area contributed by atoms with Crippen LogP contribution in [-0.4, -0.2) is 28.2 Å². The molecule has 0 aromatic carbocycles. The Morgan fingerprint density at radius 1 is 1.45 bits per heavy atom. The van der Waals surface area contributed by atoms with Crippen molar-refractivity contribution in [3.05, 3.63) is 42.0 Å². The Labute approximate surface area is 121 Å². The van der Waals surface area contributed by atoms with Gasteiger partial charge >= 0.3 is 0 Å². The maximum atomic E-state index is 12.0. The van der Waals surface area contributed by atoms with Crippen LogP contribution in [0.15, 0.2) is 35.5 Å². The molecule has 20 heavy (non-hydrogen) atoms. The Kier molecular flexibility index (Phi) is 4.12. The number of hydrogen-bond acceptors (Lipinski definition) is 5. The molecule has 0 radical (unpaired) electrons. The first-order valence-electron chi connectivity index (χ1n) is 5.62. The van der Waals surface area contributed by atoms with Crippen molar-refractivity contribution in [3.8, 4) is 0 Å². The van der Waals surface area contributed by atoms with Gasteiger partial charge in [0, 0.05) is 19.4 Å². The fraction of sp³-hybridized carbons (Fsp3) is 0.182. The van der Waals surface area contributed by atoms with Crippen LogP contribution >= 0.6 is 12.2 Å². The molecule has 0 aliphatic rings. The molecule has 0 unspecified atom stereocenters. The lowest BCUT2D eigenvalue weighted by molar-refractivity contribution is 0.579. The second-order valence-electron chi connectivity index (χ2n) is 4.05. The summed E-state index contributed by atoms with van der Waals surface area (Å²) in [5.41, 5.74) is 6.41. The van der Waals surface area contributed by atoms with Crippen molar-refractivity contribution < 1.29 is 8.42 Å². The topological polar surface area (TPSA) is 103 Å². The number of aryl methyl sites for hydroxylation is 1. The Hall–Kier alpha value is -1.84. The summed E-state index contributed by atoms with van der Waals surface area (Å²) in [5.74, 6) is 0. The normalized spacial score (nSPS) is 11.4. The summed E-state index contributed by atoms with van der Waals surface area (Å²) in [5, 5.41) is 4.09. The van der Waals surface area contributed by atoms with Crippen molar-refractivity contribution in [2.75, 3.05) is 0 Å². The van der Waals surface area contributed by atoms with Crippen molar-refractivity contribution in [2.45, 2.75) is 11.4 Å². The molecule has 0 saturated carbocycles. The number of hydrogen-bond donors (Lipinski definition) is 2. The molecule has 2 aromatic heterocycles. The lowest BCUT2D eigenvalue weighted by Crippen LogP contribution is -2.24. The number of rotatable bonds is 5. The van der Waals surface area contributed by atoms with Crippen molar-refractivity contribution in [1.82, 2.24) is 19.5 Å². The van der Waals surface area contributed by atoms with E-state index in [0.717, 1.165) is 0 Å². The quantitative estimate of drug-likeness (QED) is 0.749. The first-order valence-corrected chi connectivity index (χ1v) is 7.52. The summed E-state index contributed by atoms with van der Waals surface area (Å²) in [6, 6.07) is 4.61. The molecule has 106 valence electrons. The van der Waals surface area contributed by atoms with E-state index < -0.39 is 10.0 Å². The van der Waals surface area contributed by atoms with Crippen LogP contribution in [0.1, 0.15) is 11.4 Å². The van der Waals surface area contributed by atoms with Crippen molar-refractivity contribution in [1.29, 1.82) is 0 Å². The van der Waals surface area contributed by atoms with Crippen molar-refractivity contribution in [2.24, 2.45) is 12.8 Å². The van der Waals surface area contributed by atoms with Gasteiger partial charge in [-0.05, 0) is 18.2 Å². The van der Waals surface area contributed by atoms with Crippen LogP contribution in [0.2, 0.25) is 0 Å². The number of thiocarbonyl (C=S) groups is 1. The van der Waals surface area contributed by atoms with Crippen molar-refractivity contribution in [3.63, 3.8) is 0 Å². The molecule has 0 aliphatic carbocycles. The molecule has 2 aromatic rings. The first-order chi connectivity index (χ1) is 9.38. The van der Waals surface area contributed by atoms with E-state index in [9.17, 15) is 8.42 Å². The van der Waals surface area contributed by atoms with Gasteiger partial charge in [-0.3, -0.25) is 9.67 Å². The average Bonchev–Trinajstić information content (AvgIpc) is 2.82. The first kappa shape index (κ1) is 14.6. The van der Waals surface area contributed by atoms with E-state index in [1.807, 2.05) is 0 Å². The van der Waals surface area contributed by atoms with Gasteiger partial charge in [0.25, 0.3) is 0 Å². The minimum atomic E-state index is -3.64. The third kappa shape index (κ3) is 3.38. The van der Waals surface area contributed by atoms with Crippen LogP contribution in [0.5, 0.6) is 0 Å². The SMILES string of the molecule is Cn1ccc(CNS(=O)(=O)c2ccc(C(N)=S)nc2)n1. The molecule has 3 N–H and O–H groups in total. The number of nitrogens with two attached hydrogens (primary N) is 1. The largest absolute Gasteiger partial charge is 0.388 e. The van der Waals surface area contributed by atoms with Crippen LogP contribution in [0.4, 0.5) is 0 Å². The molecule has 2 heterocycles. The monoisotopic (exact) mass is 311 g/mol. The summed E-state index contributed by atoms with van der Waals surface area (Å²) in [6.45, 7) is 0.111. The minimum absolute atomic E-state index is 0.0495. The van der Waals surface area contributed by atoms with Crippen LogP contribution in [0.3, 0.4) is 0 Å². The molecule has 0 fully saturated rings. The molecule has 0 saturated heterocycles. The fourth-order valence-corrected chi connectivity index (χ4v) is 2.56. The highest BCUT2D eigenvalue weighted by atomic mass is 32.2. The molecule has 2 rings (SSSR count). The van der Waals surface area contributed by atoms with Gasteiger partial charge in [-0.1, -0.05) is 12.2 Å². The molecular formula is C11H13N5O2S2. The van der Waals surface area contributed by atoms with Crippen LogP contribution in [0.25, 0.3) is 0 Å². The summed E-state index contributed by atoms with van der Waals surface area (Å²) >= 11 is 4.76. The van der Waals surface area contributed by atoms with E-state index in [4.69, 9.17) is 18.0 Å². The van der Waals surface area contributed by atoms with Gasteiger partial charge in [0.1, 0.15) is 9.88 Å². The highest BCUT2D eigenvalue weighted by molar-refractivity contribution is 7.89. The molecule has 0 amide bonds. The second-order valence-corrected chi connectivity index (χ2v) is 6.26. The van der Waals surface area contributed by atoms with Crippen molar-refractivity contribution >= 4 is 27.2 Å². The zero-order valence-electron chi connectivity index (χ0n) is 10.6. The average molecular weight is 311 g/mol. The third-order valence-corrected chi connectivity index (χ3v) is 4.11. The third-order valence-electron chi connectivity index (χ3n) is 2.51. The Bertz CT molecular complexity index is 722. The highest BCUT2D eigenvalue weighted by Gasteiger charge is 2.15. The number of sulfonamides is 1. The summed E-state index contributed by atoms with van der Waals surface area (Å²) in [4.78, 5) is 4.07. The zero-order valence-corrected chi connectivity index (χ0v) is 12.3. The van der Waals surface area contributed by atoms with Gasteiger partial charge in [-0.25, -0.2) is 13.1 Å². The highest BCUT2D eigenvalue weighted by Crippen LogP contribution is 2.08. The van der Waals surface area contributed by atoms with Crippen LogP contribution < -0.4 is 10.5 Å². The zero-order chi connectivity index (χ0) is 14.8. The summed E-state index contributed by atoms with van der Waals surface area (Å²) in [7, 11) is -1.88. The van der Waals surface area contributed by atoms with Gasteiger partial charge in [0.05, 0.1) is 17.9 Å². The number of nitrogens with zero attached hydrogens (tertiary/aromatic N) is 3. The van der Waals surface area contributed by atoms with Gasteiger partial charge in [-0.2, -0.15) is 5.10 Å². The van der Waals surface area contributed by atoms with Crippen LogP contribution in [-0.2, 0) is 23.6 Å². The Morgan fingerprint density at radius 2 is 2.20 bits per heavy atom. The molecule has 7 nitrogen and oxygen atoms in total. The lowest BCUT2D eigenvalue weighted by Gasteiger charge is -2.05. The van der Waals surface area contributed by atoms with E-state index in [1.54, 1.807) is 24.0 Å². The van der Waals surface area contributed by atoms with E-state index in [1.165, 1.54) is 18.3 Å².